The molecule has 1 heterocycles. The first-order valence-corrected chi connectivity index (χ1v) is 10.0. The van der Waals surface area contributed by atoms with Gasteiger partial charge in [0.05, 0.1) is 11.8 Å². The first-order chi connectivity index (χ1) is 12.2. The second-order valence-electron chi connectivity index (χ2n) is 7.75. The molecule has 148 valence electrons. The van der Waals surface area contributed by atoms with Crippen LogP contribution < -0.4 is 10.6 Å². The number of imide groups is 1. The van der Waals surface area contributed by atoms with E-state index < -0.39 is 0 Å². The van der Waals surface area contributed by atoms with Crippen LogP contribution in [0.3, 0.4) is 0 Å². The van der Waals surface area contributed by atoms with Gasteiger partial charge in [-0.1, -0.05) is 38.5 Å². The molecule has 0 spiro atoms. The predicted molar refractivity (Wildman–Crippen MR) is 102 cm³/mol. The number of likely N-dealkylation sites (tertiary alicyclic amines) is 1. The van der Waals surface area contributed by atoms with E-state index in [1.165, 1.54) is 43.4 Å². The summed E-state index contributed by atoms with van der Waals surface area (Å²) < 4.78 is 0. The molecule has 3 fully saturated rings. The summed E-state index contributed by atoms with van der Waals surface area (Å²) in [5.74, 6) is -0.859. The van der Waals surface area contributed by atoms with Crippen molar-refractivity contribution in [2.45, 2.75) is 70.3 Å². The smallest absolute Gasteiger partial charge is 0.240 e. The Morgan fingerprint density at radius 2 is 1.38 bits per heavy atom. The standard InChI is InChI=1S/C19H31N3O3.ClH/c23-17(21-12-11-20-14-7-3-1-2-4-8-14)13-22-18(24)15-9-5-6-10-16(15)19(22)25;/h14-16,20H,1-13H2,(H,21,23);1H. The molecule has 2 atom stereocenters. The lowest BCUT2D eigenvalue weighted by molar-refractivity contribution is -0.143. The molecule has 3 aliphatic rings. The molecule has 7 heteroatoms. The molecule has 6 nitrogen and oxygen atoms in total. The lowest BCUT2D eigenvalue weighted by atomic mass is 9.81. The van der Waals surface area contributed by atoms with E-state index in [2.05, 4.69) is 10.6 Å². The highest BCUT2D eigenvalue weighted by molar-refractivity contribution is 6.07. The van der Waals surface area contributed by atoms with Crippen LogP contribution in [-0.2, 0) is 14.4 Å². The van der Waals surface area contributed by atoms with Gasteiger partial charge in [-0.2, -0.15) is 0 Å². The summed E-state index contributed by atoms with van der Waals surface area (Å²) in [5.41, 5.74) is 0. The molecule has 0 aromatic heterocycles. The van der Waals surface area contributed by atoms with Gasteiger partial charge in [-0.3, -0.25) is 19.3 Å². The Bertz CT molecular complexity index is 482. The van der Waals surface area contributed by atoms with Crippen molar-refractivity contribution >= 4 is 30.1 Å². The summed E-state index contributed by atoms with van der Waals surface area (Å²) in [6.07, 6.45) is 11.2. The van der Waals surface area contributed by atoms with E-state index in [0.717, 1.165) is 32.2 Å². The molecule has 0 aromatic rings. The normalized spacial score (nSPS) is 26.8. The predicted octanol–water partition coefficient (Wildman–Crippen LogP) is 2.01. The van der Waals surface area contributed by atoms with E-state index in [9.17, 15) is 14.4 Å². The molecule has 1 saturated heterocycles. The highest BCUT2D eigenvalue weighted by atomic mass is 35.5. The first-order valence-electron chi connectivity index (χ1n) is 10.0. The average molecular weight is 386 g/mol. The number of fused-ring (bicyclic) bond motifs is 1. The SMILES string of the molecule is Cl.O=C(CN1C(=O)C2CCCCC2C1=O)NCCNC1CCCCCC1. The highest BCUT2D eigenvalue weighted by Gasteiger charge is 2.48. The van der Waals surface area contributed by atoms with Crippen LogP contribution in [0.15, 0.2) is 0 Å². The van der Waals surface area contributed by atoms with Crippen molar-refractivity contribution in [1.82, 2.24) is 15.5 Å². The van der Waals surface area contributed by atoms with Crippen LogP contribution >= 0.6 is 12.4 Å². The average Bonchev–Trinajstić information content (AvgIpc) is 2.81. The Labute approximate surface area is 162 Å². The van der Waals surface area contributed by atoms with Gasteiger partial charge < -0.3 is 10.6 Å². The van der Waals surface area contributed by atoms with Gasteiger partial charge in [-0.25, -0.2) is 0 Å². The number of halogens is 1. The Morgan fingerprint density at radius 1 is 0.846 bits per heavy atom. The van der Waals surface area contributed by atoms with E-state index in [1.54, 1.807) is 0 Å². The van der Waals surface area contributed by atoms with Crippen molar-refractivity contribution in [2.24, 2.45) is 11.8 Å². The second kappa shape index (κ2) is 10.3. The van der Waals surface area contributed by atoms with Crippen molar-refractivity contribution in [2.75, 3.05) is 19.6 Å². The van der Waals surface area contributed by atoms with Crippen molar-refractivity contribution in [1.29, 1.82) is 0 Å². The van der Waals surface area contributed by atoms with Gasteiger partial charge in [0.15, 0.2) is 0 Å². The van der Waals surface area contributed by atoms with Gasteiger partial charge in [0.1, 0.15) is 6.54 Å². The minimum absolute atomic E-state index is 0. The number of amides is 3. The molecular weight excluding hydrogens is 354 g/mol. The molecule has 26 heavy (non-hydrogen) atoms. The maximum absolute atomic E-state index is 12.4. The molecule has 2 aliphatic carbocycles. The fourth-order valence-electron chi connectivity index (χ4n) is 4.55. The zero-order chi connectivity index (χ0) is 17.6. The van der Waals surface area contributed by atoms with Gasteiger partial charge in [0.2, 0.25) is 17.7 Å². The Hall–Kier alpha value is -1.14. The van der Waals surface area contributed by atoms with E-state index in [0.29, 0.717) is 12.6 Å². The number of carbonyl (C=O) groups excluding carboxylic acids is 3. The van der Waals surface area contributed by atoms with Crippen LogP contribution in [-0.4, -0.2) is 48.3 Å². The monoisotopic (exact) mass is 385 g/mol. The lowest BCUT2D eigenvalue weighted by Crippen LogP contribution is -2.43. The van der Waals surface area contributed by atoms with Crippen molar-refractivity contribution in [3.63, 3.8) is 0 Å². The van der Waals surface area contributed by atoms with Crippen molar-refractivity contribution in [3.8, 4) is 0 Å². The largest absolute Gasteiger partial charge is 0.353 e. The minimum atomic E-state index is -0.233. The number of rotatable bonds is 6. The molecule has 3 amide bonds. The van der Waals surface area contributed by atoms with Crippen LogP contribution in [0.1, 0.15) is 64.2 Å². The van der Waals surface area contributed by atoms with Crippen LogP contribution in [0.5, 0.6) is 0 Å². The zero-order valence-electron chi connectivity index (χ0n) is 15.5. The summed E-state index contributed by atoms with van der Waals surface area (Å²) in [6, 6.07) is 0.560. The third kappa shape index (κ3) is 5.19. The summed E-state index contributed by atoms with van der Waals surface area (Å²) in [4.78, 5) is 38.0. The molecule has 1 aliphatic heterocycles. The molecule has 0 bridgehead atoms. The van der Waals surface area contributed by atoms with E-state index in [4.69, 9.17) is 0 Å². The lowest BCUT2D eigenvalue weighted by Gasteiger charge is -2.19. The third-order valence-corrected chi connectivity index (χ3v) is 5.97. The van der Waals surface area contributed by atoms with E-state index in [-0.39, 0.29) is 48.5 Å². The Kier molecular flexibility index (Phi) is 8.35. The third-order valence-electron chi connectivity index (χ3n) is 5.97. The zero-order valence-corrected chi connectivity index (χ0v) is 16.3. The molecule has 0 radical (unpaired) electrons. The first kappa shape index (κ1) is 21.2. The fourth-order valence-corrected chi connectivity index (χ4v) is 4.55. The van der Waals surface area contributed by atoms with Gasteiger partial charge in [-0.15, -0.1) is 12.4 Å². The minimum Gasteiger partial charge on any atom is -0.353 e. The quantitative estimate of drug-likeness (QED) is 0.416. The fraction of sp³-hybridized carbons (Fsp3) is 0.842. The number of carbonyl (C=O) groups is 3. The number of nitrogens with zero attached hydrogens (tertiary/aromatic N) is 1. The molecule has 2 unspecified atom stereocenters. The van der Waals surface area contributed by atoms with E-state index >= 15 is 0 Å². The summed E-state index contributed by atoms with van der Waals surface area (Å²) in [7, 11) is 0. The Morgan fingerprint density at radius 3 is 1.96 bits per heavy atom. The van der Waals surface area contributed by atoms with Gasteiger partial charge in [0.25, 0.3) is 0 Å². The number of hydrogen-bond donors (Lipinski definition) is 2. The summed E-state index contributed by atoms with van der Waals surface area (Å²) in [6.45, 7) is 1.16. The maximum Gasteiger partial charge on any atom is 0.240 e. The van der Waals surface area contributed by atoms with Crippen LogP contribution in [0, 0.1) is 11.8 Å². The summed E-state index contributed by atoms with van der Waals surface area (Å²) >= 11 is 0. The van der Waals surface area contributed by atoms with Crippen LogP contribution in [0.2, 0.25) is 0 Å². The molecule has 2 saturated carbocycles. The van der Waals surface area contributed by atoms with Crippen molar-refractivity contribution in [3.05, 3.63) is 0 Å². The second-order valence-corrected chi connectivity index (χ2v) is 7.75. The maximum atomic E-state index is 12.4. The van der Waals surface area contributed by atoms with Crippen LogP contribution in [0.4, 0.5) is 0 Å². The molecule has 2 N–H and O–H groups in total. The molecule has 3 rings (SSSR count). The van der Waals surface area contributed by atoms with Crippen LogP contribution in [0.25, 0.3) is 0 Å². The van der Waals surface area contributed by atoms with Gasteiger partial charge in [-0.05, 0) is 25.7 Å². The molecular formula is C19H32ClN3O3. The van der Waals surface area contributed by atoms with Gasteiger partial charge >= 0.3 is 0 Å². The molecule has 0 aromatic carbocycles. The topological polar surface area (TPSA) is 78.5 Å². The van der Waals surface area contributed by atoms with E-state index in [1.807, 2.05) is 0 Å². The summed E-state index contributed by atoms with van der Waals surface area (Å²) in [5, 5.41) is 6.35. The van der Waals surface area contributed by atoms with Crippen molar-refractivity contribution < 1.29 is 14.4 Å². The van der Waals surface area contributed by atoms with Gasteiger partial charge in [0, 0.05) is 19.1 Å². The number of hydrogen-bond acceptors (Lipinski definition) is 4. The number of nitrogens with one attached hydrogen (secondary N) is 2. The highest BCUT2D eigenvalue weighted by Crippen LogP contribution is 2.37. The Balaban J connectivity index is 0.00000243.